The molecule has 7 heteroatoms. The van der Waals surface area contributed by atoms with E-state index in [9.17, 15) is 8.42 Å². The molecule has 4 nitrogen and oxygen atoms in total. The number of thioether (sulfide) groups is 1. The van der Waals surface area contributed by atoms with Crippen molar-refractivity contribution in [3.63, 3.8) is 0 Å². The van der Waals surface area contributed by atoms with Crippen LogP contribution in [0.1, 0.15) is 12.5 Å². The van der Waals surface area contributed by atoms with Crippen LogP contribution < -0.4 is 10.6 Å². The molecule has 1 saturated heterocycles. The van der Waals surface area contributed by atoms with Crippen molar-refractivity contribution in [2.45, 2.75) is 18.7 Å². The van der Waals surface area contributed by atoms with Gasteiger partial charge in [-0.05, 0) is 30.7 Å². The highest BCUT2D eigenvalue weighted by Gasteiger charge is 2.33. The summed E-state index contributed by atoms with van der Waals surface area (Å²) in [5.41, 5.74) is 7.44. The molecule has 0 spiro atoms. The molecule has 1 aromatic carbocycles. The predicted octanol–water partition coefficient (Wildman–Crippen LogP) is 2.16. The Kier molecular flexibility index (Phi) is 5.82. The second kappa shape index (κ2) is 7.22. The number of nitrogens with zero attached hydrogens (tertiary/aromatic N) is 1. The molecule has 118 valence electrons. The monoisotopic (exact) mass is 348 g/mol. The van der Waals surface area contributed by atoms with Gasteiger partial charge in [-0.3, -0.25) is 0 Å². The number of nitrogens with two attached hydrogens (primary N) is 1. The average Bonchev–Trinajstić information content (AvgIpc) is 2.49. The third kappa shape index (κ3) is 3.86. The summed E-state index contributed by atoms with van der Waals surface area (Å²) in [6.07, 6.45) is 0.728. The van der Waals surface area contributed by atoms with Crippen molar-refractivity contribution in [1.82, 2.24) is 0 Å². The van der Waals surface area contributed by atoms with Gasteiger partial charge >= 0.3 is 0 Å². The highest BCUT2D eigenvalue weighted by molar-refractivity contribution is 8.01. The Bertz CT molecular complexity index is 593. The van der Waals surface area contributed by atoms with Gasteiger partial charge in [-0.1, -0.05) is 24.6 Å². The number of sulfone groups is 1. The van der Waals surface area contributed by atoms with Crippen LogP contribution in [0.15, 0.2) is 18.2 Å². The highest BCUT2D eigenvalue weighted by Crippen LogP contribution is 2.30. The van der Waals surface area contributed by atoms with Gasteiger partial charge in [-0.2, -0.15) is 11.8 Å². The zero-order valence-electron chi connectivity index (χ0n) is 12.1. The molecule has 1 aliphatic heterocycles. The lowest BCUT2D eigenvalue weighted by atomic mass is 10.1. The van der Waals surface area contributed by atoms with E-state index in [2.05, 4.69) is 0 Å². The number of hydrogen-bond acceptors (Lipinski definition) is 5. The smallest absolute Gasteiger partial charge is 0.171 e. The summed E-state index contributed by atoms with van der Waals surface area (Å²) in [5.74, 6) is 1.70. The predicted molar refractivity (Wildman–Crippen MR) is 92.1 cm³/mol. The van der Waals surface area contributed by atoms with E-state index < -0.39 is 15.2 Å². The Hall–Kier alpha value is -0.430. The van der Waals surface area contributed by atoms with Crippen molar-refractivity contribution >= 4 is 38.9 Å². The van der Waals surface area contributed by atoms with Gasteiger partial charge < -0.3 is 10.6 Å². The lowest BCUT2D eigenvalue weighted by Crippen LogP contribution is -2.48. The summed E-state index contributed by atoms with van der Waals surface area (Å²) in [5, 5.41) is 0.196. The molecule has 1 aromatic rings. The number of benzene rings is 1. The largest absolute Gasteiger partial charge is 0.353 e. The molecule has 0 bridgehead atoms. The summed E-state index contributed by atoms with van der Waals surface area (Å²) < 4.78 is 24.6. The first-order chi connectivity index (χ1) is 9.99. The standard InChI is InChI=1S/C14H21ClN2O2S2/c1-2-21(18,19)14-10-20-8-7-17(14)12-4-3-11(5-6-16)13(15)9-12/h3-4,9,14H,2,5-8,10,16H2,1H3. The zero-order valence-corrected chi connectivity index (χ0v) is 14.5. The minimum atomic E-state index is -3.11. The minimum Gasteiger partial charge on any atom is -0.353 e. The second-order valence-corrected chi connectivity index (χ2v) is 8.99. The van der Waals surface area contributed by atoms with Gasteiger partial charge in [-0.15, -0.1) is 0 Å². The van der Waals surface area contributed by atoms with E-state index in [0.717, 1.165) is 30.0 Å². The number of halogens is 1. The first kappa shape index (κ1) is 16.9. The van der Waals surface area contributed by atoms with Crippen LogP contribution in [-0.4, -0.2) is 44.1 Å². The van der Waals surface area contributed by atoms with Crippen molar-refractivity contribution in [2.24, 2.45) is 5.73 Å². The second-order valence-electron chi connectivity index (χ2n) is 4.99. The van der Waals surface area contributed by atoms with Crippen molar-refractivity contribution in [1.29, 1.82) is 0 Å². The normalized spacial score (nSPS) is 19.8. The maximum atomic E-state index is 12.3. The van der Waals surface area contributed by atoms with Crippen molar-refractivity contribution in [3.05, 3.63) is 28.8 Å². The fraction of sp³-hybridized carbons (Fsp3) is 0.571. The third-order valence-corrected chi connectivity index (χ3v) is 7.32. The molecule has 21 heavy (non-hydrogen) atoms. The fourth-order valence-electron chi connectivity index (χ4n) is 2.44. The summed E-state index contributed by atoms with van der Waals surface area (Å²) in [6.45, 7) is 2.97. The van der Waals surface area contributed by atoms with Crippen molar-refractivity contribution in [2.75, 3.05) is 35.2 Å². The van der Waals surface area contributed by atoms with Crippen LogP contribution in [0.4, 0.5) is 5.69 Å². The lowest BCUT2D eigenvalue weighted by molar-refractivity contribution is 0.579. The fourth-order valence-corrected chi connectivity index (χ4v) is 5.70. The molecule has 1 atom stereocenters. The van der Waals surface area contributed by atoms with Crippen LogP contribution in [-0.2, 0) is 16.3 Å². The molecule has 1 aliphatic rings. The van der Waals surface area contributed by atoms with Gasteiger partial charge in [0.1, 0.15) is 5.37 Å². The van der Waals surface area contributed by atoms with Crippen LogP contribution in [0.25, 0.3) is 0 Å². The Morgan fingerprint density at radius 1 is 1.48 bits per heavy atom. The first-order valence-corrected chi connectivity index (χ1v) is 10.3. The minimum absolute atomic E-state index is 0.160. The Morgan fingerprint density at radius 3 is 2.86 bits per heavy atom. The van der Waals surface area contributed by atoms with E-state index in [4.69, 9.17) is 17.3 Å². The summed E-state index contributed by atoms with van der Waals surface area (Å²) in [7, 11) is -3.11. The Morgan fingerprint density at radius 2 is 2.24 bits per heavy atom. The van der Waals surface area contributed by atoms with E-state index in [1.807, 2.05) is 23.1 Å². The van der Waals surface area contributed by atoms with E-state index in [0.29, 0.717) is 17.3 Å². The van der Waals surface area contributed by atoms with Gasteiger partial charge in [0.05, 0.1) is 0 Å². The molecule has 0 aromatic heterocycles. The zero-order chi connectivity index (χ0) is 15.5. The average molecular weight is 349 g/mol. The third-order valence-electron chi connectivity index (χ3n) is 3.68. The van der Waals surface area contributed by atoms with E-state index >= 15 is 0 Å². The lowest BCUT2D eigenvalue weighted by Gasteiger charge is -2.36. The first-order valence-electron chi connectivity index (χ1n) is 7.04. The summed E-state index contributed by atoms with van der Waals surface area (Å²) in [6, 6.07) is 5.76. The number of hydrogen-bond donors (Lipinski definition) is 1. The molecule has 2 rings (SSSR count). The maximum Gasteiger partial charge on any atom is 0.171 e. The van der Waals surface area contributed by atoms with E-state index in [1.165, 1.54) is 0 Å². The topological polar surface area (TPSA) is 63.4 Å². The summed E-state index contributed by atoms with van der Waals surface area (Å²) >= 11 is 7.98. The molecule has 0 radical (unpaired) electrons. The molecule has 1 fully saturated rings. The van der Waals surface area contributed by atoms with Gasteiger partial charge in [0.2, 0.25) is 0 Å². The van der Waals surface area contributed by atoms with Gasteiger partial charge in [0, 0.05) is 34.5 Å². The van der Waals surface area contributed by atoms with E-state index in [-0.39, 0.29) is 5.75 Å². The van der Waals surface area contributed by atoms with Crippen LogP contribution >= 0.6 is 23.4 Å². The van der Waals surface area contributed by atoms with Crippen LogP contribution in [0, 0.1) is 0 Å². The number of rotatable bonds is 5. The highest BCUT2D eigenvalue weighted by atomic mass is 35.5. The van der Waals surface area contributed by atoms with Crippen LogP contribution in [0.3, 0.4) is 0 Å². The molecule has 1 heterocycles. The molecule has 0 saturated carbocycles. The molecule has 0 amide bonds. The molecule has 0 aliphatic carbocycles. The van der Waals surface area contributed by atoms with Crippen molar-refractivity contribution < 1.29 is 8.42 Å². The Balaban J connectivity index is 2.32. The molecule has 2 N–H and O–H groups in total. The van der Waals surface area contributed by atoms with E-state index in [1.54, 1.807) is 18.7 Å². The maximum absolute atomic E-state index is 12.3. The molecular weight excluding hydrogens is 328 g/mol. The molecule has 1 unspecified atom stereocenters. The van der Waals surface area contributed by atoms with Crippen molar-refractivity contribution in [3.8, 4) is 0 Å². The van der Waals surface area contributed by atoms with Gasteiger partial charge in [0.25, 0.3) is 0 Å². The number of anilines is 1. The summed E-state index contributed by atoms with van der Waals surface area (Å²) in [4.78, 5) is 1.97. The van der Waals surface area contributed by atoms with Crippen LogP contribution in [0.5, 0.6) is 0 Å². The van der Waals surface area contributed by atoms with Gasteiger partial charge in [0.15, 0.2) is 9.84 Å². The van der Waals surface area contributed by atoms with Gasteiger partial charge in [-0.25, -0.2) is 8.42 Å². The SMILES string of the molecule is CCS(=O)(=O)C1CSCCN1c1ccc(CCN)c(Cl)c1. The quantitative estimate of drug-likeness (QED) is 0.883. The Labute approximate surface area is 135 Å². The molecular formula is C14H21ClN2O2S2. The van der Waals surface area contributed by atoms with Crippen LogP contribution in [0.2, 0.25) is 5.02 Å².